The number of hydrogen-bond donors (Lipinski definition) is 1. The van der Waals surface area contributed by atoms with E-state index in [9.17, 15) is 0 Å². The maximum absolute atomic E-state index is 5.96. The molecule has 0 aromatic heterocycles. The third-order valence-electron chi connectivity index (χ3n) is 3.39. The Kier molecular flexibility index (Phi) is 3.72. The molecule has 1 heteroatoms. The lowest BCUT2D eigenvalue weighted by molar-refractivity contribution is 0.342. The zero-order valence-corrected chi connectivity index (χ0v) is 11.6. The lowest BCUT2D eigenvalue weighted by Gasteiger charge is -2.25. The van der Waals surface area contributed by atoms with E-state index in [1.807, 2.05) is 0 Å². The van der Waals surface area contributed by atoms with E-state index >= 15 is 0 Å². The molecule has 0 radical (unpaired) electrons. The SMILES string of the molecule is CC(C)(C)CC(CN)c1ccc2ccccc2c1. The molecule has 0 heterocycles. The van der Waals surface area contributed by atoms with Gasteiger partial charge in [0, 0.05) is 0 Å². The average Bonchev–Trinajstić information content (AvgIpc) is 2.34. The first-order valence-corrected chi connectivity index (χ1v) is 6.68. The number of benzene rings is 2. The number of hydrogen-bond acceptors (Lipinski definition) is 1. The molecule has 96 valence electrons. The predicted molar refractivity (Wildman–Crippen MR) is 79.8 cm³/mol. The van der Waals surface area contributed by atoms with Crippen LogP contribution in [-0.4, -0.2) is 6.54 Å². The molecule has 0 saturated heterocycles. The first kappa shape index (κ1) is 13.1. The molecular formula is C17H23N. The van der Waals surface area contributed by atoms with Gasteiger partial charge >= 0.3 is 0 Å². The summed E-state index contributed by atoms with van der Waals surface area (Å²) < 4.78 is 0. The van der Waals surface area contributed by atoms with Crippen molar-refractivity contribution in [2.45, 2.75) is 33.1 Å². The van der Waals surface area contributed by atoms with Gasteiger partial charge in [0.15, 0.2) is 0 Å². The Morgan fingerprint density at radius 3 is 2.28 bits per heavy atom. The van der Waals surface area contributed by atoms with Crippen LogP contribution in [0.15, 0.2) is 42.5 Å². The van der Waals surface area contributed by atoms with Crippen molar-refractivity contribution in [1.82, 2.24) is 0 Å². The van der Waals surface area contributed by atoms with Crippen LogP contribution >= 0.6 is 0 Å². The molecule has 0 fully saturated rings. The molecule has 18 heavy (non-hydrogen) atoms. The van der Waals surface area contributed by atoms with Crippen LogP contribution in [-0.2, 0) is 0 Å². The van der Waals surface area contributed by atoms with Gasteiger partial charge in [-0.1, -0.05) is 63.2 Å². The summed E-state index contributed by atoms with van der Waals surface area (Å²) in [6.07, 6.45) is 1.13. The monoisotopic (exact) mass is 241 g/mol. The molecule has 0 aliphatic heterocycles. The highest BCUT2D eigenvalue weighted by Gasteiger charge is 2.19. The van der Waals surface area contributed by atoms with Crippen LogP contribution in [0.4, 0.5) is 0 Å². The van der Waals surface area contributed by atoms with Gasteiger partial charge in [-0.05, 0) is 40.6 Å². The molecule has 2 aromatic rings. The minimum Gasteiger partial charge on any atom is -0.330 e. The number of rotatable bonds is 3. The molecule has 2 N–H and O–H groups in total. The highest BCUT2D eigenvalue weighted by atomic mass is 14.6. The third kappa shape index (κ3) is 3.11. The first-order chi connectivity index (χ1) is 8.49. The molecule has 1 atom stereocenters. The molecular weight excluding hydrogens is 218 g/mol. The molecule has 2 aromatic carbocycles. The zero-order valence-electron chi connectivity index (χ0n) is 11.6. The molecule has 0 amide bonds. The van der Waals surface area contributed by atoms with Crippen molar-refractivity contribution < 1.29 is 0 Å². The van der Waals surface area contributed by atoms with Gasteiger partial charge in [-0.25, -0.2) is 0 Å². The normalized spacial score (nSPS) is 13.8. The van der Waals surface area contributed by atoms with Crippen LogP contribution in [0.25, 0.3) is 10.8 Å². The summed E-state index contributed by atoms with van der Waals surface area (Å²) in [6.45, 7) is 7.54. The fourth-order valence-corrected chi connectivity index (χ4v) is 2.54. The van der Waals surface area contributed by atoms with Gasteiger partial charge in [0.2, 0.25) is 0 Å². The average molecular weight is 241 g/mol. The summed E-state index contributed by atoms with van der Waals surface area (Å²) in [5.41, 5.74) is 7.64. The highest BCUT2D eigenvalue weighted by molar-refractivity contribution is 5.83. The lowest BCUT2D eigenvalue weighted by Crippen LogP contribution is -2.19. The summed E-state index contributed by atoms with van der Waals surface area (Å²) >= 11 is 0. The van der Waals surface area contributed by atoms with E-state index in [0.717, 1.165) is 13.0 Å². The van der Waals surface area contributed by atoms with E-state index in [-0.39, 0.29) is 0 Å². The van der Waals surface area contributed by atoms with Crippen molar-refractivity contribution >= 4 is 10.8 Å². The van der Waals surface area contributed by atoms with Gasteiger partial charge in [0.25, 0.3) is 0 Å². The van der Waals surface area contributed by atoms with Crippen LogP contribution in [0.1, 0.15) is 38.7 Å². The van der Waals surface area contributed by atoms with Crippen LogP contribution in [0.3, 0.4) is 0 Å². The molecule has 1 unspecified atom stereocenters. The topological polar surface area (TPSA) is 26.0 Å². The Morgan fingerprint density at radius 2 is 1.67 bits per heavy atom. The van der Waals surface area contributed by atoms with E-state index in [4.69, 9.17) is 5.73 Å². The van der Waals surface area contributed by atoms with Gasteiger partial charge in [0.1, 0.15) is 0 Å². The summed E-state index contributed by atoms with van der Waals surface area (Å²) in [7, 11) is 0. The van der Waals surface area contributed by atoms with Crippen LogP contribution < -0.4 is 5.73 Å². The van der Waals surface area contributed by atoms with Crippen molar-refractivity contribution in [1.29, 1.82) is 0 Å². The Labute approximate surface area is 110 Å². The minimum absolute atomic E-state index is 0.315. The van der Waals surface area contributed by atoms with E-state index in [0.29, 0.717) is 11.3 Å². The van der Waals surface area contributed by atoms with Gasteiger partial charge in [-0.3, -0.25) is 0 Å². The molecule has 0 spiro atoms. The second-order valence-corrected chi connectivity index (χ2v) is 6.30. The fraction of sp³-hybridized carbons (Fsp3) is 0.412. The van der Waals surface area contributed by atoms with Gasteiger partial charge in [-0.15, -0.1) is 0 Å². The largest absolute Gasteiger partial charge is 0.330 e. The van der Waals surface area contributed by atoms with Gasteiger partial charge in [-0.2, -0.15) is 0 Å². The van der Waals surface area contributed by atoms with E-state index < -0.39 is 0 Å². The van der Waals surface area contributed by atoms with Crippen molar-refractivity contribution in [2.75, 3.05) is 6.54 Å². The second-order valence-electron chi connectivity index (χ2n) is 6.30. The second kappa shape index (κ2) is 5.11. The first-order valence-electron chi connectivity index (χ1n) is 6.68. The van der Waals surface area contributed by atoms with Crippen molar-refractivity contribution in [3.8, 4) is 0 Å². The van der Waals surface area contributed by atoms with Crippen molar-refractivity contribution in [3.05, 3.63) is 48.0 Å². The summed E-state index contributed by atoms with van der Waals surface area (Å²) in [6, 6.07) is 15.2. The molecule has 0 aliphatic carbocycles. The summed E-state index contributed by atoms with van der Waals surface area (Å²) in [5, 5.41) is 2.61. The molecule has 1 nitrogen and oxygen atoms in total. The maximum Gasteiger partial charge on any atom is -0.000803 e. The van der Waals surface area contributed by atoms with Crippen molar-refractivity contribution in [3.63, 3.8) is 0 Å². The Balaban J connectivity index is 2.33. The summed E-state index contributed by atoms with van der Waals surface area (Å²) in [4.78, 5) is 0. The van der Waals surface area contributed by atoms with Crippen LogP contribution in [0.2, 0.25) is 0 Å². The Bertz CT molecular complexity index is 522. The lowest BCUT2D eigenvalue weighted by atomic mass is 9.81. The standard InChI is InChI=1S/C17H23N/c1-17(2,3)11-16(12-18)15-9-8-13-6-4-5-7-14(13)10-15/h4-10,16H,11-12,18H2,1-3H3. The van der Waals surface area contributed by atoms with Crippen molar-refractivity contribution in [2.24, 2.45) is 11.1 Å². The predicted octanol–water partition coefficient (Wildman–Crippen LogP) is 4.32. The quantitative estimate of drug-likeness (QED) is 0.851. The maximum atomic E-state index is 5.96. The van der Waals surface area contributed by atoms with E-state index in [2.05, 4.69) is 63.2 Å². The van der Waals surface area contributed by atoms with E-state index in [1.165, 1.54) is 16.3 Å². The zero-order chi connectivity index (χ0) is 13.2. The molecule has 0 aliphatic rings. The van der Waals surface area contributed by atoms with E-state index in [1.54, 1.807) is 0 Å². The molecule has 0 bridgehead atoms. The van der Waals surface area contributed by atoms with Crippen LogP contribution in [0, 0.1) is 5.41 Å². The summed E-state index contributed by atoms with van der Waals surface area (Å²) in [5.74, 6) is 0.453. The fourth-order valence-electron chi connectivity index (χ4n) is 2.54. The Morgan fingerprint density at radius 1 is 1.00 bits per heavy atom. The number of fused-ring (bicyclic) bond motifs is 1. The van der Waals surface area contributed by atoms with Gasteiger partial charge < -0.3 is 5.73 Å². The smallest absolute Gasteiger partial charge is 0.000803 e. The van der Waals surface area contributed by atoms with Crippen LogP contribution in [0.5, 0.6) is 0 Å². The minimum atomic E-state index is 0.315. The number of nitrogens with two attached hydrogens (primary N) is 1. The Hall–Kier alpha value is -1.34. The third-order valence-corrected chi connectivity index (χ3v) is 3.39. The molecule has 2 rings (SSSR count). The highest BCUT2D eigenvalue weighted by Crippen LogP contribution is 2.31. The molecule has 0 saturated carbocycles. The van der Waals surface area contributed by atoms with Gasteiger partial charge in [0.05, 0.1) is 0 Å².